The number of non-ortho nitro benzene ring substituents is 1. The summed E-state index contributed by atoms with van der Waals surface area (Å²) >= 11 is 0. The number of nitrogens with zero attached hydrogens (tertiary/aromatic N) is 1. The van der Waals surface area contributed by atoms with Gasteiger partial charge in [-0.25, -0.2) is 4.79 Å². The van der Waals surface area contributed by atoms with Gasteiger partial charge >= 0.3 is 5.97 Å². The molecule has 0 radical (unpaired) electrons. The molecule has 0 aliphatic heterocycles. The van der Waals surface area contributed by atoms with E-state index in [0.717, 1.165) is 6.08 Å². The van der Waals surface area contributed by atoms with Gasteiger partial charge in [0, 0.05) is 23.8 Å². The normalized spacial score (nSPS) is 9.82. The fraction of sp³-hybridized carbons (Fsp3) is 0. The van der Waals surface area contributed by atoms with Gasteiger partial charge in [-0.05, 0) is 24.3 Å². The van der Waals surface area contributed by atoms with Crippen LogP contribution in [0.5, 0.6) is 5.75 Å². The lowest BCUT2D eigenvalue weighted by molar-refractivity contribution is -0.384. The molecule has 0 fully saturated rings. The maximum Gasteiger partial charge on any atom is 0.335 e. The number of nitro groups is 1. The number of ketones is 1. The van der Waals surface area contributed by atoms with E-state index in [1.54, 1.807) is 12.1 Å². The highest BCUT2D eigenvalue weighted by Gasteiger charge is 2.16. The monoisotopic (exact) mass is 297 g/mol. The molecule has 6 heteroatoms. The summed E-state index contributed by atoms with van der Waals surface area (Å²) in [5.74, 6) is -0.970. The molecule has 0 amide bonds. The van der Waals surface area contributed by atoms with Gasteiger partial charge in [-0.1, -0.05) is 18.7 Å². The van der Waals surface area contributed by atoms with Gasteiger partial charge in [0.2, 0.25) is 0 Å². The standard InChI is InChI=1S/C16H11NO5/c1-2-15(18)22-14-6-4-3-5-13(14)16(19)11-7-9-12(10-8-11)17(20)21/h2-10H,1H2. The van der Waals surface area contributed by atoms with E-state index in [2.05, 4.69) is 6.58 Å². The van der Waals surface area contributed by atoms with Gasteiger partial charge in [0.05, 0.1) is 10.5 Å². The van der Waals surface area contributed by atoms with Crippen LogP contribution in [0.25, 0.3) is 0 Å². The van der Waals surface area contributed by atoms with Gasteiger partial charge < -0.3 is 4.74 Å². The first-order valence-corrected chi connectivity index (χ1v) is 6.25. The summed E-state index contributed by atoms with van der Waals surface area (Å²) in [5, 5.41) is 10.6. The highest BCUT2D eigenvalue weighted by molar-refractivity contribution is 6.11. The third kappa shape index (κ3) is 3.24. The Morgan fingerprint density at radius 2 is 1.73 bits per heavy atom. The third-order valence-corrected chi connectivity index (χ3v) is 2.85. The first-order chi connectivity index (χ1) is 10.5. The molecule has 0 aromatic heterocycles. The molecule has 2 aromatic rings. The number of carbonyl (C=O) groups excluding carboxylic acids is 2. The van der Waals surface area contributed by atoms with Gasteiger partial charge in [0.1, 0.15) is 5.75 Å². The number of carbonyl (C=O) groups is 2. The van der Waals surface area contributed by atoms with Gasteiger partial charge in [0.25, 0.3) is 5.69 Å². The number of hydrogen-bond acceptors (Lipinski definition) is 5. The molecule has 0 heterocycles. The molecule has 0 aliphatic rings. The summed E-state index contributed by atoms with van der Waals surface area (Å²) < 4.78 is 5.01. The molecular formula is C16H11NO5. The van der Waals surface area contributed by atoms with Crippen LogP contribution in [0.15, 0.2) is 61.2 Å². The van der Waals surface area contributed by atoms with E-state index >= 15 is 0 Å². The van der Waals surface area contributed by atoms with Crippen molar-refractivity contribution >= 4 is 17.4 Å². The number of nitro benzene ring substituents is 1. The Labute approximate surface area is 125 Å². The predicted octanol–water partition coefficient (Wildman–Crippen LogP) is 2.92. The number of para-hydroxylation sites is 1. The molecule has 110 valence electrons. The lowest BCUT2D eigenvalue weighted by Gasteiger charge is -2.08. The topological polar surface area (TPSA) is 86.5 Å². The van der Waals surface area contributed by atoms with Crippen molar-refractivity contribution in [3.63, 3.8) is 0 Å². The third-order valence-electron chi connectivity index (χ3n) is 2.85. The number of ether oxygens (including phenoxy) is 1. The van der Waals surface area contributed by atoms with Gasteiger partial charge in [-0.2, -0.15) is 0 Å². The Hall–Kier alpha value is -3.28. The van der Waals surface area contributed by atoms with Gasteiger partial charge in [0.15, 0.2) is 5.78 Å². The molecule has 0 N–H and O–H groups in total. The van der Waals surface area contributed by atoms with E-state index in [9.17, 15) is 19.7 Å². The van der Waals surface area contributed by atoms with E-state index in [0.29, 0.717) is 0 Å². The SMILES string of the molecule is C=CC(=O)Oc1ccccc1C(=O)c1ccc([N+](=O)[O-])cc1. The summed E-state index contributed by atoms with van der Waals surface area (Å²) in [5.41, 5.74) is 0.335. The Bertz CT molecular complexity index is 749. The van der Waals surface area contributed by atoms with Crippen molar-refractivity contribution in [3.8, 4) is 5.75 Å². The van der Waals surface area contributed by atoms with Gasteiger partial charge in [-0.3, -0.25) is 14.9 Å². The zero-order chi connectivity index (χ0) is 16.1. The van der Waals surface area contributed by atoms with Crippen LogP contribution in [-0.2, 0) is 4.79 Å². The molecule has 0 saturated carbocycles. The van der Waals surface area contributed by atoms with Crippen LogP contribution in [0.4, 0.5) is 5.69 Å². The van der Waals surface area contributed by atoms with Crippen molar-refractivity contribution in [2.24, 2.45) is 0 Å². The Morgan fingerprint density at radius 1 is 1.09 bits per heavy atom. The predicted molar refractivity (Wildman–Crippen MR) is 78.8 cm³/mol. The van der Waals surface area contributed by atoms with Crippen LogP contribution in [-0.4, -0.2) is 16.7 Å². The minimum absolute atomic E-state index is 0.107. The van der Waals surface area contributed by atoms with Crippen molar-refractivity contribution in [2.75, 3.05) is 0 Å². The van der Waals surface area contributed by atoms with E-state index in [1.165, 1.54) is 36.4 Å². The molecule has 0 saturated heterocycles. The van der Waals surface area contributed by atoms with E-state index in [-0.39, 0.29) is 22.6 Å². The minimum atomic E-state index is -0.677. The molecule has 0 unspecified atom stereocenters. The van der Waals surface area contributed by atoms with Crippen molar-refractivity contribution in [3.05, 3.63) is 82.4 Å². The number of rotatable bonds is 5. The van der Waals surface area contributed by atoms with E-state index in [4.69, 9.17) is 4.74 Å². The number of benzene rings is 2. The first-order valence-electron chi connectivity index (χ1n) is 6.25. The zero-order valence-electron chi connectivity index (χ0n) is 11.4. The molecular weight excluding hydrogens is 286 g/mol. The fourth-order valence-corrected chi connectivity index (χ4v) is 1.78. The van der Waals surface area contributed by atoms with Crippen LogP contribution in [0.3, 0.4) is 0 Å². The van der Waals surface area contributed by atoms with Crippen molar-refractivity contribution < 1.29 is 19.2 Å². The molecule has 0 spiro atoms. The van der Waals surface area contributed by atoms with E-state index < -0.39 is 16.7 Å². The maximum absolute atomic E-state index is 12.4. The average molecular weight is 297 g/mol. The van der Waals surface area contributed by atoms with Crippen LogP contribution < -0.4 is 4.74 Å². The van der Waals surface area contributed by atoms with Crippen molar-refractivity contribution in [1.29, 1.82) is 0 Å². The summed E-state index contributed by atoms with van der Waals surface area (Å²) in [7, 11) is 0. The van der Waals surface area contributed by atoms with Crippen LogP contribution in [0.2, 0.25) is 0 Å². The van der Waals surface area contributed by atoms with Crippen molar-refractivity contribution in [2.45, 2.75) is 0 Å². The minimum Gasteiger partial charge on any atom is -0.423 e. The summed E-state index contributed by atoms with van der Waals surface area (Å²) in [6.07, 6.45) is 0.993. The lowest BCUT2D eigenvalue weighted by Crippen LogP contribution is -2.09. The van der Waals surface area contributed by atoms with Crippen LogP contribution in [0.1, 0.15) is 15.9 Å². The van der Waals surface area contributed by atoms with Gasteiger partial charge in [-0.15, -0.1) is 0 Å². The summed E-state index contributed by atoms with van der Waals surface area (Å²) in [6.45, 7) is 3.29. The summed E-state index contributed by atoms with van der Waals surface area (Å²) in [6, 6.07) is 11.4. The second kappa shape index (κ2) is 6.45. The lowest BCUT2D eigenvalue weighted by atomic mass is 10.0. The molecule has 6 nitrogen and oxygen atoms in total. The molecule has 22 heavy (non-hydrogen) atoms. The maximum atomic E-state index is 12.4. The average Bonchev–Trinajstić information content (AvgIpc) is 2.54. The molecule has 0 aliphatic carbocycles. The molecule has 2 aromatic carbocycles. The highest BCUT2D eigenvalue weighted by Crippen LogP contribution is 2.23. The second-order valence-electron chi connectivity index (χ2n) is 4.25. The first kappa shape index (κ1) is 15.1. The molecule has 0 atom stereocenters. The summed E-state index contributed by atoms with van der Waals surface area (Å²) in [4.78, 5) is 33.8. The van der Waals surface area contributed by atoms with Crippen molar-refractivity contribution in [1.82, 2.24) is 0 Å². The Morgan fingerprint density at radius 3 is 2.32 bits per heavy atom. The fourth-order valence-electron chi connectivity index (χ4n) is 1.78. The smallest absolute Gasteiger partial charge is 0.335 e. The van der Waals surface area contributed by atoms with Crippen LogP contribution in [0, 0.1) is 10.1 Å². The number of hydrogen-bond donors (Lipinski definition) is 0. The molecule has 2 rings (SSSR count). The van der Waals surface area contributed by atoms with E-state index in [1.807, 2.05) is 0 Å². The molecule has 0 bridgehead atoms. The largest absolute Gasteiger partial charge is 0.423 e. The number of esters is 1. The zero-order valence-corrected chi connectivity index (χ0v) is 11.4. The second-order valence-corrected chi connectivity index (χ2v) is 4.25. The highest BCUT2D eigenvalue weighted by atomic mass is 16.6. The quantitative estimate of drug-likeness (QED) is 0.211. The van der Waals surface area contributed by atoms with Crippen LogP contribution >= 0.6 is 0 Å². The Kier molecular flexibility index (Phi) is 4.43. The Balaban J connectivity index is 2.35.